The highest BCUT2D eigenvalue weighted by Gasteiger charge is 2.12. The fourth-order valence-electron chi connectivity index (χ4n) is 1.65. The van der Waals surface area contributed by atoms with Gasteiger partial charge in [0, 0.05) is 26.2 Å². The van der Waals surface area contributed by atoms with Crippen LogP contribution in [-0.2, 0) is 14.3 Å². The Kier molecular flexibility index (Phi) is 6.57. The second kappa shape index (κ2) is 8.03. The lowest BCUT2D eigenvalue weighted by Crippen LogP contribution is -2.41. The molecule has 1 fully saturated rings. The number of hydrogen-bond acceptors (Lipinski definition) is 4. The van der Waals surface area contributed by atoms with E-state index in [1.165, 1.54) is 0 Å². The van der Waals surface area contributed by atoms with Gasteiger partial charge >= 0.3 is 11.8 Å². The lowest BCUT2D eigenvalue weighted by molar-refractivity contribution is -0.139. The number of rotatable bonds is 5. The molecule has 0 aromatic carbocycles. The molecule has 6 nitrogen and oxygen atoms in total. The quantitative estimate of drug-likeness (QED) is 0.478. The van der Waals surface area contributed by atoms with Gasteiger partial charge in [-0.1, -0.05) is 0 Å². The van der Waals surface area contributed by atoms with E-state index >= 15 is 0 Å². The molecule has 0 radical (unpaired) electrons. The summed E-state index contributed by atoms with van der Waals surface area (Å²) in [6.45, 7) is 7.18. The van der Waals surface area contributed by atoms with Crippen molar-refractivity contribution in [2.75, 3.05) is 45.9 Å². The maximum atomic E-state index is 11.2. The molecule has 1 rings (SSSR count). The highest BCUT2D eigenvalue weighted by Crippen LogP contribution is 1.97. The van der Waals surface area contributed by atoms with Crippen molar-refractivity contribution >= 4 is 11.8 Å². The van der Waals surface area contributed by atoms with Gasteiger partial charge < -0.3 is 15.4 Å². The Morgan fingerprint density at radius 2 is 1.82 bits per heavy atom. The fraction of sp³-hybridized carbons (Fsp3) is 0.818. The molecule has 1 aliphatic rings. The van der Waals surface area contributed by atoms with E-state index in [-0.39, 0.29) is 0 Å². The van der Waals surface area contributed by atoms with E-state index in [0.29, 0.717) is 13.1 Å². The van der Waals surface area contributed by atoms with Gasteiger partial charge in [0.05, 0.1) is 13.2 Å². The topological polar surface area (TPSA) is 70.7 Å². The molecule has 1 saturated heterocycles. The normalized spacial score (nSPS) is 16.5. The van der Waals surface area contributed by atoms with Gasteiger partial charge in [-0.3, -0.25) is 14.5 Å². The van der Waals surface area contributed by atoms with Crippen LogP contribution in [0.5, 0.6) is 0 Å². The van der Waals surface area contributed by atoms with Crippen molar-refractivity contribution in [2.45, 2.75) is 13.3 Å². The minimum Gasteiger partial charge on any atom is -0.379 e. The zero-order chi connectivity index (χ0) is 12.5. The summed E-state index contributed by atoms with van der Waals surface area (Å²) in [4.78, 5) is 24.6. The summed E-state index contributed by atoms with van der Waals surface area (Å²) in [5.41, 5.74) is 0. The number of nitrogens with zero attached hydrogens (tertiary/aromatic N) is 1. The predicted molar refractivity (Wildman–Crippen MR) is 63.6 cm³/mol. The second-order valence-electron chi connectivity index (χ2n) is 3.92. The van der Waals surface area contributed by atoms with Crippen LogP contribution in [-0.4, -0.2) is 62.7 Å². The van der Waals surface area contributed by atoms with Crippen molar-refractivity contribution in [2.24, 2.45) is 0 Å². The molecule has 0 unspecified atom stereocenters. The summed E-state index contributed by atoms with van der Waals surface area (Å²) in [5, 5.41) is 5.06. The van der Waals surface area contributed by atoms with Crippen LogP contribution in [0.3, 0.4) is 0 Å². The molecule has 0 saturated carbocycles. The highest BCUT2D eigenvalue weighted by atomic mass is 16.5. The van der Waals surface area contributed by atoms with Crippen molar-refractivity contribution < 1.29 is 14.3 Å². The average molecular weight is 243 g/mol. The first-order valence-electron chi connectivity index (χ1n) is 6.10. The average Bonchev–Trinajstić information content (AvgIpc) is 2.36. The number of likely N-dealkylation sites (N-methyl/N-ethyl adjacent to an activating group) is 1. The van der Waals surface area contributed by atoms with Gasteiger partial charge in [0.25, 0.3) is 0 Å². The summed E-state index contributed by atoms with van der Waals surface area (Å²) in [6, 6.07) is 0. The second-order valence-corrected chi connectivity index (χ2v) is 3.92. The number of carbonyl (C=O) groups is 2. The minimum absolute atomic E-state index is 0.472. The lowest BCUT2D eigenvalue weighted by atomic mass is 10.3. The van der Waals surface area contributed by atoms with E-state index in [1.807, 2.05) is 0 Å². The van der Waals surface area contributed by atoms with Crippen LogP contribution < -0.4 is 10.6 Å². The van der Waals surface area contributed by atoms with Gasteiger partial charge in [-0.2, -0.15) is 0 Å². The Morgan fingerprint density at radius 1 is 1.18 bits per heavy atom. The molecule has 0 aliphatic carbocycles. The first-order valence-corrected chi connectivity index (χ1v) is 6.10. The lowest BCUT2D eigenvalue weighted by Gasteiger charge is -2.26. The van der Waals surface area contributed by atoms with Crippen molar-refractivity contribution in [1.29, 1.82) is 0 Å². The van der Waals surface area contributed by atoms with Crippen molar-refractivity contribution in [1.82, 2.24) is 15.5 Å². The van der Waals surface area contributed by atoms with Crippen LogP contribution >= 0.6 is 0 Å². The Bertz CT molecular complexity index is 252. The standard InChI is InChI=1S/C11H21N3O3/c1-2-12-10(15)11(16)13-4-3-5-14-6-8-17-9-7-14/h2-9H2,1H3,(H,12,15)(H,13,16). The van der Waals surface area contributed by atoms with Gasteiger partial charge in [0.1, 0.15) is 0 Å². The molecule has 17 heavy (non-hydrogen) atoms. The number of carbonyl (C=O) groups excluding carboxylic acids is 2. The molecule has 1 heterocycles. The molecule has 0 atom stereocenters. The molecule has 6 heteroatoms. The molecule has 0 spiro atoms. The third kappa shape index (κ3) is 5.65. The van der Waals surface area contributed by atoms with Crippen LogP contribution in [0.25, 0.3) is 0 Å². The Hall–Kier alpha value is -1.14. The summed E-state index contributed by atoms with van der Waals surface area (Å²) in [7, 11) is 0. The largest absolute Gasteiger partial charge is 0.379 e. The zero-order valence-corrected chi connectivity index (χ0v) is 10.3. The molecule has 0 bridgehead atoms. The number of amides is 2. The third-order valence-electron chi connectivity index (χ3n) is 2.58. The van der Waals surface area contributed by atoms with Crippen LogP contribution in [0.1, 0.15) is 13.3 Å². The first-order chi connectivity index (χ1) is 8.24. The highest BCUT2D eigenvalue weighted by molar-refractivity contribution is 6.35. The predicted octanol–water partition coefficient (Wildman–Crippen LogP) is -1.04. The molecule has 2 N–H and O–H groups in total. The van der Waals surface area contributed by atoms with Crippen LogP contribution in [0.2, 0.25) is 0 Å². The number of nitrogens with one attached hydrogen (secondary N) is 2. The maximum Gasteiger partial charge on any atom is 0.309 e. The van der Waals surface area contributed by atoms with E-state index in [9.17, 15) is 9.59 Å². The Balaban J connectivity index is 2.03. The maximum absolute atomic E-state index is 11.2. The van der Waals surface area contributed by atoms with Gasteiger partial charge in [0.15, 0.2) is 0 Å². The fourth-order valence-corrected chi connectivity index (χ4v) is 1.65. The molecule has 0 aromatic rings. The number of morpholine rings is 1. The monoisotopic (exact) mass is 243 g/mol. The van der Waals surface area contributed by atoms with Crippen molar-refractivity contribution in [3.63, 3.8) is 0 Å². The molecular formula is C11H21N3O3. The van der Waals surface area contributed by atoms with Crippen molar-refractivity contribution in [3.05, 3.63) is 0 Å². The number of ether oxygens (including phenoxy) is 1. The summed E-state index contributed by atoms with van der Waals surface area (Å²) < 4.78 is 5.24. The van der Waals surface area contributed by atoms with E-state index in [4.69, 9.17) is 4.74 Å². The van der Waals surface area contributed by atoms with E-state index in [1.54, 1.807) is 6.92 Å². The molecule has 2 amide bonds. The van der Waals surface area contributed by atoms with E-state index in [2.05, 4.69) is 15.5 Å². The minimum atomic E-state index is -0.557. The summed E-state index contributed by atoms with van der Waals surface area (Å²) in [6.07, 6.45) is 0.852. The summed E-state index contributed by atoms with van der Waals surface area (Å²) in [5.74, 6) is -1.10. The SMILES string of the molecule is CCNC(=O)C(=O)NCCCN1CCOCC1. The molecule has 1 aliphatic heterocycles. The van der Waals surface area contributed by atoms with Crippen LogP contribution in [0.4, 0.5) is 0 Å². The first kappa shape index (κ1) is 13.9. The van der Waals surface area contributed by atoms with Gasteiger partial charge in [-0.05, 0) is 19.9 Å². The van der Waals surface area contributed by atoms with Crippen LogP contribution in [0.15, 0.2) is 0 Å². The van der Waals surface area contributed by atoms with Gasteiger partial charge in [-0.15, -0.1) is 0 Å². The Labute approximate surface area is 102 Å². The van der Waals surface area contributed by atoms with Gasteiger partial charge in [0.2, 0.25) is 0 Å². The third-order valence-corrected chi connectivity index (χ3v) is 2.58. The summed E-state index contributed by atoms with van der Waals surface area (Å²) >= 11 is 0. The Morgan fingerprint density at radius 3 is 2.47 bits per heavy atom. The molecular weight excluding hydrogens is 222 g/mol. The number of hydrogen-bond donors (Lipinski definition) is 2. The molecule has 0 aromatic heterocycles. The van der Waals surface area contributed by atoms with Gasteiger partial charge in [-0.25, -0.2) is 0 Å². The zero-order valence-electron chi connectivity index (χ0n) is 10.3. The van der Waals surface area contributed by atoms with Crippen molar-refractivity contribution in [3.8, 4) is 0 Å². The molecule has 98 valence electrons. The van der Waals surface area contributed by atoms with E-state index < -0.39 is 11.8 Å². The van der Waals surface area contributed by atoms with Crippen LogP contribution in [0, 0.1) is 0 Å². The van der Waals surface area contributed by atoms with E-state index in [0.717, 1.165) is 39.3 Å². The smallest absolute Gasteiger partial charge is 0.309 e.